The number of aromatic nitrogens is 3. The molecule has 1 rings (SSSR count). The third-order valence-corrected chi connectivity index (χ3v) is 2.68. The van der Waals surface area contributed by atoms with Gasteiger partial charge in [-0.2, -0.15) is 5.10 Å². The highest BCUT2D eigenvalue weighted by Crippen LogP contribution is 2.05. The van der Waals surface area contributed by atoms with Gasteiger partial charge in [0.1, 0.15) is 12.2 Å². The number of carbonyl (C=O) groups is 2. The molecule has 0 bridgehead atoms. The summed E-state index contributed by atoms with van der Waals surface area (Å²) in [5.74, 6) is -0.867. The SMILES string of the molecule is CCCC(CNC(=O)N(C)Cc1ncn[nH]1)C(=O)O. The summed E-state index contributed by atoms with van der Waals surface area (Å²) in [7, 11) is 1.60. The van der Waals surface area contributed by atoms with Crippen molar-refractivity contribution >= 4 is 12.0 Å². The van der Waals surface area contributed by atoms with Gasteiger partial charge in [-0.25, -0.2) is 9.78 Å². The van der Waals surface area contributed by atoms with Gasteiger partial charge in [0.05, 0.1) is 12.5 Å². The van der Waals surface area contributed by atoms with Gasteiger partial charge < -0.3 is 15.3 Å². The predicted molar refractivity (Wildman–Crippen MR) is 67.3 cm³/mol. The molecule has 3 N–H and O–H groups in total. The Hall–Kier alpha value is -2.12. The maximum Gasteiger partial charge on any atom is 0.317 e. The van der Waals surface area contributed by atoms with Crippen LogP contribution in [0.25, 0.3) is 0 Å². The van der Waals surface area contributed by atoms with Gasteiger partial charge in [-0.05, 0) is 6.42 Å². The Balaban J connectivity index is 2.39. The molecule has 19 heavy (non-hydrogen) atoms. The van der Waals surface area contributed by atoms with Crippen LogP contribution in [-0.2, 0) is 11.3 Å². The molecule has 8 nitrogen and oxygen atoms in total. The van der Waals surface area contributed by atoms with Crippen molar-refractivity contribution in [2.45, 2.75) is 26.3 Å². The van der Waals surface area contributed by atoms with Gasteiger partial charge in [0, 0.05) is 13.6 Å². The van der Waals surface area contributed by atoms with Crippen LogP contribution < -0.4 is 5.32 Å². The fourth-order valence-corrected chi connectivity index (χ4v) is 1.61. The van der Waals surface area contributed by atoms with E-state index in [2.05, 4.69) is 20.5 Å². The number of hydrogen-bond acceptors (Lipinski definition) is 4. The van der Waals surface area contributed by atoms with E-state index < -0.39 is 11.9 Å². The Morgan fingerprint density at radius 1 is 1.58 bits per heavy atom. The predicted octanol–water partition coefficient (Wildman–Crippen LogP) is 0.447. The van der Waals surface area contributed by atoms with Gasteiger partial charge in [0.15, 0.2) is 0 Å². The van der Waals surface area contributed by atoms with E-state index in [1.54, 1.807) is 7.05 Å². The summed E-state index contributed by atoms with van der Waals surface area (Å²) < 4.78 is 0. The van der Waals surface area contributed by atoms with Gasteiger partial charge in [-0.15, -0.1) is 0 Å². The molecular weight excluding hydrogens is 250 g/mol. The Bertz CT molecular complexity index is 406. The quantitative estimate of drug-likeness (QED) is 0.665. The van der Waals surface area contributed by atoms with Gasteiger partial charge in [-0.3, -0.25) is 9.89 Å². The topological polar surface area (TPSA) is 111 Å². The molecule has 0 aliphatic rings. The highest BCUT2D eigenvalue weighted by Gasteiger charge is 2.18. The van der Waals surface area contributed by atoms with Crippen molar-refractivity contribution in [1.29, 1.82) is 0 Å². The normalized spacial score (nSPS) is 11.9. The zero-order valence-electron chi connectivity index (χ0n) is 11.1. The lowest BCUT2D eigenvalue weighted by molar-refractivity contribution is -0.141. The van der Waals surface area contributed by atoms with Crippen molar-refractivity contribution in [2.24, 2.45) is 5.92 Å². The van der Waals surface area contributed by atoms with E-state index in [4.69, 9.17) is 5.11 Å². The summed E-state index contributed by atoms with van der Waals surface area (Å²) in [6.45, 7) is 2.33. The number of nitrogens with zero attached hydrogens (tertiary/aromatic N) is 3. The maximum absolute atomic E-state index is 11.8. The molecule has 1 heterocycles. The monoisotopic (exact) mass is 269 g/mol. The van der Waals surface area contributed by atoms with Crippen LogP contribution in [0.4, 0.5) is 4.79 Å². The Morgan fingerprint density at radius 3 is 2.84 bits per heavy atom. The van der Waals surface area contributed by atoms with Crippen LogP contribution in [-0.4, -0.2) is 50.8 Å². The lowest BCUT2D eigenvalue weighted by Crippen LogP contribution is -2.40. The van der Waals surface area contributed by atoms with Crippen LogP contribution in [0.1, 0.15) is 25.6 Å². The number of amides is 2. The molecule has 2 amide bonds. The molecule has 0 aromatic carbocycles. The molecule has 1 unspecified atom stereocenters. The number of carbonyl (C=O) groups excluding carboxylic acids is 1. The fourth-order valence-electron chi connectivity index (χ4n) is 1.61. The van der Waals surface area contributed by atoms with Crippen LogP contribution in [0.3, 0.4) is 0 Å². The van der Waals surface area contributed by atoms with Gasteiger partial charge >= 0.3 is 12.0 Å². The minimum Gasteiger partial charge on any atom is -0.481 e. The van der Waals surface area contributed by atoms with Crippen molar-refractivity contribution in [1.82, 2.24) is 25.4 Å². The first-order valence-corrected chi connectivity index (χ1v) is 6.10. The number of aliphatic carboxylic acids is 1. The molecule has 0 spiro atoms. The number of aromatic amines is 1. The van der Waals surface area contributed by atoms with E-state index in [0.29, 0.717) is 12.2 Å². The fraction of sp³-hybridized carbons (Fsp3) is 0.636. The standard InChI is InChI=1S/C11H19N5O3/c1-3-4-8(10(17)18)5-12-11(19)16(2)6-9-13-7-14-15-9/h7-8H,3-6H2,1-2H3,(H,12,19)(H,17,18)(H,13,14,15). The molecule has 8 heteroatoms. The van der Waals surface area contributed by atoms with Gasteiger partial charge in [0.2, 0.25) is 0 Å². The van der Waals surface area contributed by atoms with Gasteiger partial charge in [-0.1, -0.05) is 13.3 Å². The van der Waals surface area contributed by atoms with Crippen molar-refractivity contribution in [3.05, 3.63) is 12.2 Å². The van der Waals surface area contributed by atoms with Crippen molar-refractivity contribution in [2.75, 3.05) is 13.6 Å². The summed E-state index contributed by atoms with van der Waals surface area (Å²) in [4.78, 5) is 28.0. The average Bonchev–Trinajstić information content (AvgIpc) is 2.86. The highest BCUT2D eigenvalue weighted by atomic mass is 16.4. The summed E-state index contributed by atoms with van der Waals surface area (Å²) >= 11 is 0. The van der Waals surface area contributed by atoms with Crippen LogP contribution in [0, 0.1) is 5.92 Å². The molecule has 106 valence electrons. The maximum atomic E-state index is 11.8. The van der Waals surface area contributed by atoms with Crippen LogP contribution in [0.2, 0.25) is 0 Å². The minimum atomic E-state index is -0.889. The van der Waals surface area contributed by atoms with E-state index in [0.717, 1.165) is 6.42 Å². The second kappa shape index (κ2) is 7.34. The van der Waals surface area contributed by atoms with E-state index in [1.807, 2.05) is 6.92 Å². The third kappa shape index (κ3) is 4.94. The van der Waals surface area contributed by atoms with Crippen LogP contribution in [0.15, 0.2) is 6.33 Å². The largest absolute Gasteiger partial charge is 0.481 e. The number of urea groups is 1. The van der Waals surface area contributed by atoms with E-state index >= 15 is 0 Å². The number of hydrogen-bond donors (Lipinski definition) is 3. The average molecular weight is 269 g/mol. The molecule has 1 aromatic heterocycles. The number of rotatable bonds is 7. The molecule has 1 aromatic rings. The van der Waals surface area contributed by atoms with Gasteiger partial charge in [0.25, 0.3) is 0 Å². The summed E-state index contributed by atoms with van der Waals surface area (Å²) in [5.41, 5.74) is 0. The first kappa shape index (κ1) is 14.9. The summed E-state index contributed by atoms with van der Waals surface area (Å²) in [6, 6.07) is -0.334. The first-order valence-electron chi connectivity index (χ1n) is 6.10. The molecular formula is C11H19N5O3. The molecule has 0 fully saturated rings. The van der Waals surface area contributed by atoms with Crippen LogP contribution in [0.5, 0.6) is 0 Å². The Morgan fingerprint density at radius 2 is 2.32 bits per heavy atom. The van der Waals surface area contributed by atoms with E-state index in [9.17, 15) is 9.59 Å². The smallest absolute Gasteiger partial charge is 0.317 e. The number of H-pyrrole nitrogens is 1. The molecule has 0 aliphatic carbocycles. The minimum absolute atomic E-state index is 0.128. The Kier molecular flexibility index (Phi) is 5.77. The lowest BCUT2D eigenvalue weighted by Gasteiger charge is -2.18. The van der Waals surface area contributed by atoms with Crippen molar-refractivity contribution in [3.63, 3.8) is 0 Å². The number of nitrogens with one attached hydrogen (secondary N) is 2. The molecule has 0 saturated heterocycles. The first-order chi connectivity index (χ1) is 9.04. The molecule has 0 aliphatic heterocycles. The molecule has 1 atom stereocenters. The van der Waals surface area contributed by atoms with E-state index in [-0.39, 0.29) is 19.1 Å². The number of carboxylic acids is 1. The zero-order valence-corrected chi connectivity index (χ0v) is 11.1. The second-order valence-electron chi connectivity index (χ2n) is 4.30. The second-order valence-corrected chi connectivity index (χ2v) is 4.30. The zero-order chi connectivity index (χ0) is 14.3. The lowest BCUT2D eigenvalue weighted by atomic mass is 10.0. The third-order valence-electron chi connectivity index (χ3n) is 2.68. The summed E-state index contributed by atoms with van der Waals surface area (Å²) in [6.07, 6.45) is 2.67. The van der Waals surface area contributed by atoms with Crippen molar-refractivity contribution < 1.29 is 14.7 Å². The summed E-state index contributed by atoms with van der Waals surface area (Å²) in [5, 5.41) is 17.9. The van der Waals surface area contributed by atoms with Crippen molar-refractivity contribution in [3.8, 4) is 0 Å². The van der Waals surface area contributed by atoms with E-state index in [1.165, 1.54) is 11.2 Å². The number of carboxylic acid groups (broad SMARTS) is 1. The highest BCUT2D eigenvalue weighted by molar-refractivity contribution is 5.75. The van der Waals surface area contributed by atoms with Crippen LogP contribution >= 0.6 is 0 Å². The Labute approximate surface area is 111 Å². The molecule has 0 saturated carbocycles. The molecule has 0 radical (unpaired) electrons.